The SMILES string of the molecule is CCCCCCCCCCCCCCCCCCCn1cc[n+](CCCCCCCCC)c1. The van der Waals surface area contributed by atoms with E-state index in [1.807, 2.05) is 0 Å². The Labute approximate surface area is 208 Å². The fourth-order valence-corrected chi connectivity index (χ4v) is 4.97. The second-order valence-corrected chi connectivity index (χ2v) is 10.7. The molecule has 2 heteroatoms. The van der Waals surface area contributed by atoms with Gasteiger partial charge in [-0.2, -0.15) is 0 Å². The second kappa shape index (κ2) is 24.3. The smallest absolute Gasteiger partial charge is 0.237 e. The van der Waals surface area contributed by atoms with Crippen molar-refractivity contribution in [3.8, 4) is 0 Å². The molecule has 0 aliphatic rings. The van der Waals surface area contributed by atoms with Gasteiger partial charge in [-0.15, -0.1) is 0 Å². The Morgan fingerprint density at radius 2 is 0.818 bits per heavy atom. The van der Waals surface area contributed by atoms with Crippen LogP contribution in [0.25, 0.3) is 0 Å². The molecular formula is C31H61N2+. The minimum Gasteiger partial charge on any atom is -0.237 e. The van der Waals surface area contributed by atoms with Crippen molar-refractivity contribution in [2.75, 3.05) is 0 Å². The molecule has 1 aromatic rings. The molecule has 0 amide bonds. The van der Waals surface area contributed by atoms with Crippen LogP contribution < -0.4 is 4.57 Å². The molecule has 0 unspecified atom stereocenters. The Kier molecular flexibility index (Phi) is 22.3. The summed E-state index contributed by atoms with van der Waals surface area (Å²) in [5, 5.41) is 0. The molecule has 0 fully saturated rings. The van der Waals surface area contributed by atoms with Crippen molar-refractivity contribution in [2.45, 2.75) is 181 Å². The second-order valence-electron chi connectivity index (χ2n) is 10.7. The summed E-state index contributed by atoms with van der Waals surface area (Å²) < 4.78 is 4.78. The first-order valence-corrected chi connectivity index (χ1v) is 15.4. The minimum absolute atomic E-state index is 1.19. The summed E-state index contributed by atoms with van der Waals surface area (Å²) in [6, 6.07) is 0. The highest BCUT2D eigenvalue weighted by atomic mass is 15.1. The number of aromatic nitrogens is 2. The van der Waals surface area contributed by atoms with Gasteiger partial charge in [0.2, 0.25) is 6.33 Å². The Morgan fingerprint density at radius 3 is 1.24 bits per heavy atom. The van der Waals surface area contributed by atoms with E-state index in [4.69, 9.17) is 0 Å². The topological polar surface area (TPSA) is 8.81 Å². The van der Waals surface area contributed by atoms with Gasteiger partial charge in [0.1, 0.15) is 12.4 Å². The van der Waals surface area contributed by atoms with E-state index < -0.39 is 0 Å². The average Bonchev–Trinajstić information content (AvgIpc) is 3.28. The van der Waals surface area contributed by atoms with E-state index in [-0.39, 0.29) is 0 Å². The zero-order valence-electron chi connectivity index (χ0n) is 23.0. The van der Waals surface area contributed by atoms with Crippen LogP contribution in [0.4, 0.5) is 0 Å². The number of unbranched alkanes of at least 4 members (excludes halogenated alkanes) is 22. The quantitative estimate of drug-likeness (QED) is 0.0958. The fourth-order valence-electron chi connectivity index (χ4n) is 4.97. The lowest BCUT2D eigenvalue weighted by atomic mass is 10.0. The third kappa shape index (κ3) is 20.3. The Hall–Kier alpha value is -0.790. The van der Waals surface area contributed by atoms with E-state index in [1.54, 1.807) is 0 Å². The van der Waals surface area contributed by atoms with Crippen molar-refractivity contribution in [2.24, 2.45) is 0 Å². The van der Waals surface area contributed by atoms with Gasteiger partial charge in [0.25, 0.3) is 0 Å². The third-order valence-electron chi connectivity index (χ3n) is 7.29. The molecule has 0 bridgehead atoms. The average molecular weight is 462 g/mol. The summed E-state index contributed by atoms with van der Waals surface area (Å²) in [6.07, 6.45) is 41.2. The zero-order valence-corrected chi connectivity index (χ0v) is 23.0. The van der Waals surface area contributed by atoms with E-state index in [9.17, 15) is 0 Å². The van der Waals surface area contributed by atoms with Crippen LogP contribution >= 0.6 is 0 Å². The molecule has 0 aromatic carbocycles. The van der Waals surface area contributed by atoms with Crippen LogP contribution in [0.3, 0.4) is 0 Å². The fraction of sp³-hybridized carbons (Fsp3) is 0.903. The predicted molar refractivity (Wildman–Crippen MR) is 147 cm³/mol. The molecule has 0 atom stereocenters. The highest BCUT2D eigenvalue weighted by Crippen LogP contribution is 2.14. The molecule has 0 aliphatic carbocycles. The number of nitrogens with zero attached hydrogens (tertiary/aromatic N) is 2. The Bertz CT molecular complexity index is 493. The molecule has 194 valence electrons. The summed E-state index contributed by atoms with van der Waals surface area (Å²) in [5.74, 6) is 0. The van der Waals surface area contributed by atoms with Gasteiger partial charge in [-0.3, -0.25) is 0 Å². The standard InChI is InChI=1S/C31H61N2/c1-3-5-7-9-11-12-13-14-15-16-17-18-19-20-22-24-26-28-33-30-29-32(31-33)27-25-23-21-10-8-6-4-2/h29-31H,3-28H2,1-2H3/q+1. The van der Waals surface area contributed by atoms with Crippen LogP contribution in [0.15, 0.2) is 18.7 Å². The largest absolute Gasteiger partial charge is 0.243 e. The third-order valence-corrected chi connectivity index (χ3v) is 7.29. The lowest BCUT2D eigenvalue weighted by molar-refractivity contribution is -0.696. The van der Waals surface area contributed by atoms with Crippen LogP contribution in [0, 0.1) is 0 Å². The van der Waals surface area contributed by atoms with Crippen molar-refractivity contribution in [1.82, 2.24) is 4.57 Å². The van der Waals surface area contributed by atoms with Crippen LogP contribution in [-0.4, -0.2) is 4.57 Å². The molecule has 33 heavy (non-hydrogen) atoms. The highest BCUT2D eigenvalue weighted by molar-refractivity contribution is 4.66. The number of rotatable bonds is 26. The van der Waals surface area contributed by atoms with E-state index >= 15 is 0 Å². The first-order chi connectivity index (χ1) is 16.4. The molecule has 1 aromatic heterocycles. The van der Waals surface area contributed by atoms with Crippen molar-refractivity contribution in [1.29, 1.82) is 0 Å². The summed E-state index contributed by atoms with van der Waals surface area (Å²) >= 11 is 0. The summed E-state index contributed by atoms with van der Waals surface area (Å²) in [4.78, 5) is 0. The first kappa shape index (κ1) is 30.2. The van der Waals surface area contributed by atoms with E-state index in [2.05, 4.69) is 41.7 Å². The minimum atomic E-state index is 1.19. The van der Waals surface area contributed by atoms with Crippen molar-refractivity contribution in [3.05, 3.63) is 18.7 Å². The molecule has 2 nitrogen and oxygen atoms in total. The lowest BCUT2D eigenvalue weighted by Gasteiger charge is -2.03. The van der Waals surface area contributed by atoms with Gasteiger partial charge in [0.15, 0.2) is 0 Å². The van der Waals surface area contributed by atoms with Gasteiger partial charge in [-0.1, -0.05) is 142 Å². The molecule has 0 spiro atoms. The van der Waals surface area contributed by atoms with Gasteiger partial charge >= 0.3 is 0 Å². The molecular weight excluding hydrogens is 400 g/mol. The maximum Gasteiger partial charge on any atom is 0.243 e. The molecule has 0 saturated carbocycles. The van der Waals surface area contributed by atoms with Crippen molar-refractivity contribution < 1.29 is 4.57 Å². The van der Waals surface area contributed by atoms with Crippen LogP contribution in [0.2, 0.25) is 0 Å². The summed E-state index contributed by atoms with van der Waals surface area (Å²) in [5.41, 5.74) is 0. The summed E-state index contributed by atoms with van der Waals surface area (Å²) in [6.45, 7) is 6.99. The maximum absolute atomic E-state index is 2.40. The summed E-state index contributed by atoms with van der Waals surface area (Å²) in [7, 11) is 0. The van der Waals surface area contributed by atoms with E-state index in [0.29, 0.717) is 0 Å². The Morgan fingerprint density at radius 1 is 0.455 bits per heavy atom. The molecule has 1 heterocycles. The van der Waals surface area contributed by atoms with Gasteiger partial charge in [0, 0.05) is 0 Å². The van der Waals surface area contributed by atoms with Gasteiger partial charge in [0.05, 0.1) is 13.1 Å². The number of imidazole rings is 1. The van der Waals surface area contributed by atoms with E-state index in [0.717, 1.165) is 0 Å². The maximum atomic E-state index is 2.40. The van der Waals surface area contributed by atoms with Gasteiger partial charge < -0.3 is 0 Å². The van der Waals surface area contributed by atoms with E-state index in [1.165, 1.54) is 167 Å². The number of hydrogen-bond acceptors (Lipinski definition) is 0. The van der Waals surface area contributed by atoms with Gasteiger partial charge in [-0.05, 0) is 25.7 Å². The first-order valence-electron chi connectivity index (χ1n) is 15.4. The number of aryl methyl sites for hydroxylation is 2. The normalized spacial score (nSPS) is 11.5. The van der Waals surface area contributed by atoms with Gasteiger partial charge in [-0.25, -0.2) is 9.13 Å². The Balaban J connectivity index is 1.80. The lowest BCUT2D eigenvalue weighted by Crippen LogP contribution is -2.30. The molecule has 0 aliphatic heterocycles. The van der Waals surface area contributed by atoms with Crippen molar-refractivity contribution >= 4 is 0 Å². The van der Waals surface area contributed by atoms with Crippen molar-refractivity contribution in [3.63, 3.8) is 0 Å². The number of hydrogen-bond donors (Lipinski definition) is 0. The molecule has 0 saturated heterocycles. The molecule has 0 radical (unpaired) electrons. The van der Waals surface area contributed by atoms with Crippen LogP contribution in [0.5, 0.6) is 0 Å². The highest BCUT2D eigenvalue weighted by Gasteiger charge is 2.03. The molecule has 0 N–H and O–H groups in total. The van der Waals surface area contributed by atoms with Crippen LogP contribution in [0.1, 0.15) is 168 Å². The molecule has 1 rings (SSSR count). The zero-order chi connectivity index (χ0) is 23.7. The monoisotopic (exact) mass is 461 g/mol. The van der Waals surface area contributed by atoms with Crippen LogP contribution in [-0.2, 0) is 13.1 Å². The predicted octanol–water partition coefficient (Wildman–Crippen LogP) is 10.2.